The smallest absolute Gasteiger partial charge is 0.169 e. The summed E-state index contributed by atoms with van der Waals surface area (Å²) in [5.41, 5.74) is 7.62. The van der Waals surface area contributed by atoms with Crippen LogP contribution in [-0.4, -0.2) is 5.16 Å². The van der Waals surface area contributed by atoms with E-state index in [0.717, 1.165) is 15.6 Å². The maximum atomic E-state index is 5.49. The summed E-state index contributed by atoms with van der Waals surface area (Å²) < 4.78 is 6.10. The van der Waals surface area contributed by atoms with E-state index in [4.69, 9.17) is 10.3 Å². The molecular formula is C10H9BrN2O. The highest BCUT2D eigenvalue weighted by molar-refractivity contribution is 9.10. The molecular weight excluding hydrogens is 244 g/mol. The van der Waals surface area contributed by atoms with Crippen molar-refractivity contribution >= 4 is 21.7 Å². The monoisotopic (exact) mass is 252 g/mol. The highest BCUT2D eigenvalue weighted by Gasteiger charge is 2.07. The van der Waals surface area contributed by atoms with E-state index < -0.39 is 0 Å². The van der Waals surface area contributed by atoms with Crippen LogP contribution in [-0.2, 0) is 0 Å². The van der Waals surface area contributed by atoms with Gasteiger partial charge in [0.1, 0.15) is 0 Å². The third-order valence-electron chi connectivity index (χ3n) is 1.99. The van der Waals surface area contributed by atoms with E-state index in [1.807, 2.05) is 25.1 Å². The lowest BCUT2D eigenvalue weighted by Crippen LogP contribution is -1.81. The minimum atomic E-state index is 0.402. The van der Waals surface area contributed by atoms with Gasteiger partial charge in [-0.2, -0.15) is 0 Å². The Kier molecular flexibility index (Phi) is 2.29. The lowest BCUT2D eigenvalue weighted by atomic mass is 10.1. The molecule has 0 saturated heterocycles. The molecule has 0 saturated carbocycles. The molecule has 0 bridgehead atoms. The molecule has 14 heavy (non-hydrogen) atoms. The van der Waals surface area contributed by atoms with Crippen LogP contribution in [0.4, 0.5) is 5.82 Å². The third kappa shape index (κ3) is 1.65. The van der Waals surface area contributed by atoms with Crippen LogP contribution in [0.5, 0.6) is 0 Å². The van der Waals surface area contributed by atoms with Crippen molar-refractivity contribution in [2.45, 2.75) is 6.92 Å². The fourth-order valence-electron chi connectivity index (χ4n) is 1.28. The van der Waals surface area contributed by atoms with Gasteiger partial charge in [-0.3, -0.25) is 0 Å². The van der Waals surface area contributed by atoms with Gasteiger partial charge in [0.05, 0.1) is 0 Å². The topological polar surface area (TPSA) is 52.0 Å². The molecule has 0 aliphatic carbocycles. The van der Waals surface area contributed by atoms with Crippen LogP contribution in [0, 0.1) is 6.92 Å². The van der Waals surface area contributed by atoms with Crippen molar-refractivity contribution in [1.29, 1.82) is 0 Å². The molecule has 2 aromatic rings. The fraction of sp³-hybridized carbons (Fsp3) is 0.100. The highest BCUT2D eigenvalue weighted by Crippen LogP contribution is 2.27. The maximum absolute atomic E-state index is 5.49. The lowest BCUT2D eigenvalue weighted by molar-refractivity contribution is 0.435. The number of halogens is 1. The normalized spacial score (nSPS) is 10.4. The van der Waals surface area contributed by atoms with Gasteiger partial charge in [0.2, 0.25) is 0 Å². The Morgan fingerprint density at radius 3 is 2.79 bits per heavy atom. The number of nitrogen functional groups attached to an aromatic ring is 1. The van der Waals surface area contributed by atoms with E-state index in [-0.39, 0.29) is 0 Å². The van der Waals surface area contributed by atoms with Crippen molar-refractivity contribution in [3.05, 3.63) is 34.3 Å². The van der Waals surface area contributed by atoms with Crippen molar-refractivity contribution in [2.24, 2.45) is 0 Å². The van der Waals surface area contributed by atoms with Crippen LogP contribution in [0.25, 0.3) is 11.3 Å². The van der Waals surface area contributed by atoms with Crippen LogP contribution in [0.3, 0.4) is 0 Å². The Labute approximate surface area is 90.0 Å². The first-order valence-electron chi connectivity index (χ1n) is 4.15. The van der Waals surface area contributed by atoms with E-state index >= 15 is 0 Å². The first-order chi connectivity index (χ1) is 6.66. The van der Waals surface area contributed by atoms with Crippen molar-refractivity contribution in [3.8, 4) is 11.3 Å². The summed E-state index contributed by atoms with van der Waals surface area (Å²) in [7, 11) is 0. The maximum Gasteiger partial charge on any atom is 0.169 e. The zero-order valence-corrected chi connectivity index (χ0v) is 9.21. The number of nitrogens with two attached hydrogens (primary N) is 1. The second-order valence-corrected chi connectivity index (χ2v) is 3.99. The molecule has 0 atom stereocenters. The first-order valence-corrected chi connectivity index (χ1v) is 4.95. The number of hydrogen-bond acceptors (Lipinski definition) is 3. The molecule has 0 radical (unpaired) electrons. The Hall–Kier alpha value is -1.29. The van der Waals surface area contributed by atoms with E-state index in [1.54, 1.807) is 6.07 Å². The van der Waals surface area contributed by atoms with E-state index in [2.05, 4.69) is 21.1 Å². The van der Waals surface area contributed by atoms with Crippen LogP contribution in [0.1, 0.15) is 5.56 Å². The standard InChI is InChI=1S/C10H9BrN2O/c1-6-2-3-7(11)4-8(6)9-5-10(12)13-14-9/h2-5H,1H3,(H2,12,13). The molecule has 4 heteroatoms. The second-order valence-electron chi connectivity index (χ2n) is 3.08. The Morgan fingerprint density at radius 1 is 1.36 bits per heavy atom. The van der Waals surface area contributed by atoms with Crippen LogP contribution >= 0.6 is 15.9 Å². The summed E-state index contributed by atoms with van der Waals surface area (Å²) in [5.74, 6) is 1.10. The molecule has 0 unspecified atom stereocenters. The molecule has 2 N–H and O–H groups in total. The van der Waals surface area contributed by atoms with Crippen LogP contribution in [0.15, 0.2) is 33.3 Å². The zero-order valence-electron chi connectivity index (χ0n) is 7.62. The molecule has 3 nitrogen and oxygen atoms in total. The molecule has 0 fully saturated rings. The molecule has 1 heterocycles. The Bertz CT molecular complexity index is 465. The molecule has 0 aliphatic heterocycles. The summed E-state index contributed by atoms with van der Waals surface area (Å²) in [6, 6.07) is 7.70. The Morgan fingerprint density at radius 2 is 2.14 bits per heavy atom. The number of anilines is 1. The van der Waals surface area contributed by atoms with Gasteiger partial charge in [-0.25, -0.2) is 0 Å². The number of nitrogens with zero attached hydrogens (tertiary/aromatic N) is 1. The second kappa shape index (κ2) is 3.46. The van der Waals surface area contributed by atoms with E-state index in [9.17, 15) is 0 Å². The van der Waals surface area contributed by atoms with Gasteiger partial charge in [-0.1, -0.05) is 27.2 Å². The lowest BCUT2D eigenvalue weighted by Gasteiger charge is -2.01. The van der Waals surface area contributed by atoms with E-state index in [0.29, 0.717) is 11.6 Å². The van der Waals surface area contributed by atoms with Gasteiger partial charge in [0, 0.05) is 16.1 Å². The minimum absolute atomic E-state index is 0.402. The number of aromatic nitrogens is 1. The number of aryl methyl sites for hydroxylation is 1. The van der Waals surface area contributed by atoms with Gasteiger partial charge in [0.15, 0.2) is 11.6 Å². The summed E-state index contributed by atoms with van der Waals surface area (Å²) in [4.78, 5) is 0. The van der Waals surface area contributed by atoms with Crippen LogP contribution in [0.2, 0.25) is 0 Å². The number of rotatable bonds is 1. The molecule has 2 rings (SSSR count). The van der Waals surface area contributed by atoms with E-state index in [1.165, 1.54) is 0 Å². The predicted octanol–water partition coefficient (Wildman–Crippen LogP) is 2.99. The highest BCUT2D eigenvalue weighted by atomic mass is 79.9. The zero-order chi connectivity index (χ0) is 10.1. The summed E-state index contributed by atoms with van der Waals surface area (Å²) in [5, 5.41) is 3.65. The van der Waals surface area contributed by atoms with Gasteiger partial charge in [-0.05, 0) is 24.6 Å². The summed E-state index contributed by atoms with van der Waals surface area (Å²) >= 11 is 3.41. The largest absolute Gasteiger partial charge is 0.381 e. The first kappa shape index (κ1) is 9.27. The quantitative estimate of drug-likeness (QED) is 0.849. The van der Waals surface area contributed by atoms with Crippen molar-refractivity contribution in [1.82, 2.24) is 5.16 Å². The fourth-order valence-corrected chi connectivity index (χ4v) is 1.64. The van der Waals surface area contributed by atoms with Gasteiger partial charge < -0.3 is 10.3 Å². The van der Waals surface area contributed by atoms with Gasteiger partial charge >= 0.3 is 0 Å². The van der Waals surface area contributed by atoms with Gasteiger partial charge in [0.25, 0.3) is 0 Å². The molecule has 1 aromatic heterocycles. The Balaban J connectivity index is 2.55. The molecule has 0 spiro atoms. The molecule has 0 aliphatic rings. The van der Waals surface area contributed by atoms with Crippen molar-refractivity contribution in [2.75, 3.05) is 5.73 Å². The van der Waals surface area contributed by atoms with Crippen LogP contribution < -0.4 is 5.73 Å². The summed E-state index contributed by atoms with van der Waals surface area (Å²) in [6.45, 7) is 2.01. The predicted molar refractivity (Wildman–Crippen MR) is 58.8 cm³/mol. The summed E-state index contributed by atoms with van der Waals surface area (Å²) in [6.07, 6.45) is 0. The molecule has 1 aromatic carbocycles. The number of hydrogen-bond donors (Lipinski definition) is 1. The minimum Gasteiger partial charge on any atom is -0.381 e. The van der Waals surface area contributed by atoms with Gasteiger partial charge in [-0.15, -0.1) is 0 Å². The SMILES string of the molecule is Cc1ccc(Br)cc1-c1cc(N)no1. The third-order valence-corrected chi connectivity index (χ3v) is 2.49. The average molecular weight is 253 g/mol. The number of benzene rings is 1. The molecule has 0 amide bonds. The van der Waals surface area contributed by atoms with Crippen molar-refractivity contribution in [3.63, 3.8) is 0 Å². The average Bonchev–Trinajstić information content (AvgIpc) is 2.56. The molecule has 72 valence electrons. The van der Waals surface area contributed by atoms with Crippen molar-refractivity contribution < 1.29 is 4.52 Å².